The molecule has 2 heterocycles. The van der Waals surface area contributed by atoms with Gasteiger partial charge in [-0.1, -0.05) is 65.2 Å². The molecule has 3 rings (SSSR count). The number of fused-ring (bicyclic) bond motifs is 3. The lowest BCUT2D eigenvalue weighted by atomic mass is 10.1. The quantitative estimate of drug-likeness (QED) is 0.205. The molecule has 0 aliphatic heterocycles. The summed E-state index contributed by atoms with van der Waals surface area (Å²) in [6.45, 7) is 5.91. The van der Waals surface area contributed by atoms with Crippen LogP contribution in [0.3, 0.4) is 0 Å². The van der Waals surface area contributed by atoms with Crippen LogP contribution in [0.1, 0.15) is 78.1 Å². The van der Waals surface area contributed by atoms with E-state index in [9.17, 15) is 0 Å². The van der Waals surface area contributed by atoms with Gasteiger partial charge in [0.1, 0.15) is 0 Å². The first-order valence-electron chi connectivity index (χ1n) is 11.8. The van der Waals surface area contributed by atoms with Crippen molar-refractivity contribution in [1.29, 1.82) is 0 Å². The van der Waals surface area contributed by atoms with Crippen molar-refractivity contribution < 1.29 is 9.47 Å². The average molecular weight is 409 g/mol. The molecule has 0 amide bonds. The molecule has 4 heteroatoms. The van der Waals surface area contributed by atoms with E-state index in [0.29, 0.717) is 11.8 Å². The summed E-state index contributed by atoms with van der Waals surface area (Å²) < 4.78 is 11.7. The van der Waals surface area contributed by atoms with Crippen molar-refractivity contribution in [2.24, 2.45) is 0 Å². The zero-order valence-electron chi connectivity index (χ0n) is 18.7. The number of aromatic nitrogens is 2. The first-order chi connectivity index (χ1) is 14.8. The Labute approximate surface area is 181 Å². The van der Waals surface area contributed by atoms with Crippen molar-refractivity contribution >= 4 is 21.8 Å². The van der Waals surface area contributed by atoms with Gasteiger partial charge in [0.15, 0.2) is 0 Å². The van der Waals surface area contributed by atoms with Gasteiger partial charge in [-0.25, -0.2) is 9.97 Å². The van der Waals surface area contributed by atoms with Gasteiger partial charge in [-0.15, -0.1) is 0 Å². The third kappa shape index (κ3) is 6.58. The second kappa shape index (κ2) is 12.4. The molecule has 0 unspecified atom stereocenters. The predicted octanol–water partition coefficient (Wildman–Crippen LogP) is 7.48. The van der Waals surface area contributed by atoms with Crippen molar-refractivity contribution in [3.63, 3.8) is 0 Å². The van der Waals surface area contributed by atoms with Crippen LogP contribution in [0.25, 0.3) is 21.8 Å². The van der Waals surface area contributed by atoms with E-state index in [1.54, 1.807) is 0 Å². The lowest BCUT2D eigenvalue weighted by Gasteiger charge is -2.09. The molecule has 0 fully saturated rings. The van der Waals surface area contributed by atoms with Crippen LogP contribution in [0.4, 0.5) is 0 Å². The van der Waals surface area contributed by atoms with Crippen LogP contribution in [0.5, 0.6) is 11.8 Å². The molecule has 0 aliphatic rings. The van der Waals surface area contributed by atoms with E-state index in [1.165, 1.54) is 51.4 Å². The van der Waals surface area contributed by atoms with Crippen LogP contribution in [-0.4, -0.2) is 23.2 Å². The number of rotatable bonds is 14. The zero-order chi connectivity index (χ0) is 21.0. The third-order valence-electron chi connectivity index (χ3n) is 5.48. The van der Waals surface area contributed by atoms with E-state index in [1.807, 2.05) is 24.3 Å². The Kier molecular flexibility index (Phi) is 9.20. The van der Waals surface area contributed by atoms with Crippen LogP contribution >= 0.6 is 0 Å². The Morgan fingerprint density at radius 2 is 0.967 bits per heavy atom. The zero-order valence-corrected chi connectivity index (χ0v) is 18.7. The summed E-state index contributed by atoms with van der Waals surface area (Å²) in [5, 5.41) is 2.19. The number of nitrogens with zero attached hydrogens (tertiary/aromatic N) is 2. The molecule has 1 aromatic carbocycles. The summed E-state index contributed by atoms with van der Waals surface area (Å²) in [5.41, 5.74) is 1.88. The fourth-order valence-electron chi connectivity index (χ4n) is 3.71. The number of benzene rings is 1. The van der Waals surface area contributed by atoms with Gasteiger partial charge >= 0.3 is 0 Å². The Hall–Kier alpha value is -2.36. The molecule has 30 heavy (non-hydrogen) atoms. The monoisotopic (exact) mass is 408 g/mol. The minimum Gasteiger partial charge on any atom is -0.478 e. The molecular formula is C26H36N2O2. The fraction of sp³-hybridized carbons (Fsp3) is 0.538. The number of hydrogen-bond donors (Lipinski definition) is 0. The number of hydrogen-bond acceptors (Lipinski definition) is 4. The van der Waals surface area contributed by atoms with Crippen molar-refractivity contribution in [1.82, 2.24) is 9.97 Å². The summed E-state index contributed by atoms with van der Waals surface area (Å²) in [4.78, 5) is 9.36. The van der Waals surface area contributed by atoms with Crippen LogP contribution < -0.4 is 9.47 Å². The average Bonchev–Trinajstić information content (AvgIpc) is 2.78. The van der Waals surface area contributed by atoms with Crippen LogP contribution in [0.2, 0.25) is 0 Å². The van der Waals surface area contributed by atoms with E-state index >= 15 is 0 Å². The minimum atomic E-state index is 0.695. The second-order valence-corrected chi connectivity index (χ2v) is 8.02. The fourth-order valence-corrected chi connectivity index (χ4v) is 3.71. The van der Waals surface area contributed by atoms with E-state index < -0.39 is 0 Å². The van der Waals surface area contributed by atoms with Crippen molar-refractivity contribution in [3.05, 3.63) is 36.4 Å². The highest BCUT2D eigenvalue weighted by atomic mass is 16.5. The van der Waals surface area contributed by atoms with Gasteiger partial charge in [-0.05, 0) is 37.1 Å². The lowest BCUT2D eigenvalue weighted by molar-refractivity contribution is 0.294. The number of unbranched alkanes of at least 4 members (excludes halogenated alkanes) is 8. The number of ether oxygens (including phenoxy) is 2. The highest BCUT2D eigenvalue weighted by molar-refractivity contribution is 6.04. The molecule has 4 nitrogen and oxygen atoms in total. The van der Waals surface area contributed by atoms with Crippen LogP contribution in [-0.2, 0) is 0 Å². The van der Waals surface area contributed by atoms with E-state index in [-0.39, 0.29) is 0 Å². The third-order valence-corrected chi connectivity index (χ3v) is 5.48. The normalized spacial score (nSPS) is 11.3. The lowest BCUT2D eigenvalue weighted by Crippen LogP contribution is -2.00. The standard InChI is InChI=1S/C26H36N2O2/c1-3-5-7-8-9-10-12-20-30-26-18-14-22-21-13-17-25(29-19-11-6-4-2)27-23(21)15-16-24(22)28-26/h13-18H,3-12,19-20H2,1-2H3. The molecule has 0 spiro atoms. The summed E-state index contributed by atoms with van der Waals surface area (Å²) in [6, 6.07) is 12.1. The van der Waals surface area contributed by atoms with Gasteiger partial charge in [0.2, 0.25) is 11.8 Å². The van der Waals surface area contributed by atoms with Crippen molar-refractivity contribution in [3.8, 4) is 11.8 Å². The maximum Gasteiger partial charge on any atom is 0.213 e. The molecule has 0 saturated heterocycles. The maximum atomic E-state index is 5.89. The number of pyridine rings is 2. The van der Waals surface area contributed by atoms with E-state index in [0.717, 1.165) is 47.9 Å². The van der Waals surface area contributed by atoms with Gasteiger partial charge in [-0.3, -0.25) is 0 Å². The maximum absolute atomic E-state index is 5.89. The van der Waals surface area contributed by atoms with Gasteiger partial charge < -0.3 is 9.47 Å². The second-order valence-electron chi connectivity index (χ2n) is 8.02. The van der Waals surface area contributed by atoms with E-state index in [4.69, 9.17) is 14.5 Å². The summed E-state index contributed by atoms with van der Waals surface area (Å²) in [5.74, 6) is 1.40. The first-order valence-corrected chi connectivity index (χ1v) is 11.8. The highest BCUT2D eigenvalue weighted by Crippen LogP contribution is 2.27. The molecule has 0 radical (unpaired) electrons. The Balaban J connectivity index is 1.55. The molecule has 3 aromatic rings. The van der Waals surface area contributed by atoms with Gasteiger partial charge in [-0.2, -0.15) is 0 Å². The van der Waals surface area contributed by atoms with Crippen molar-refractivity contribution in [2.45, 2.75) is 78.1 Å². The van der Waals surface area contributed by atoms with Gasteiger partial charge in [0, 0.05) is 22.9 Å². The Morgan fingerprint density at radius 3 is 1.50 bits per heavy atom. The predicted molar refractivity (Wildman–Crippen MR) is 126 cm³/mol. The highest BCUT2D eigenvalue weighted by Gasteiger charge is 2.06. The molecule has 0 aliphatic carbocycles. The summed E-state index contributed by atoms with van der Waals surface area (Å²) in [7, 11) is 0. The molecular weight excluding hydrogens is 372 g/mol. The largest absolute Gasteiger partial charge is 0.478 e. The minimum absolute atomic E-state index is 0.695. The summed E-state index contributed by atoms with van der Waals surface area (Å²) >= 11 is 0. The molecule has 162 valence electrons. The molecule has 2 aromatic heterocycles. The van der Waals surface area contributed by atoms with Crippen LogP contribution in [0.15, 0.2) is 36.4 Å². The van der Waals surface area contributed by atoms with E-state index in [2.05, 4.69) is 31.0 Å². The van der Waals surface area contributed by atoms with Gasteiger partial charge in [0.05, 0.1) is 24.2 Å². The Bertz CT molecular complexity index is 910. The van der Waals surface area contributed by atoms with Crippen LogP contribution in [0, 0.1) is 0 Å². The molecule has 0 bridgehead atoms. The Morgan fingerprint density at radius 1 is 0.533 bits per heavy atom. The van der Waals surface area contributed by atoms with Crippen molar-refractivity contribution in [2.75, 3.05) is 13.2 Å². The van der Waals surface area contributed by atoms with Gasteiger partial charge in [0.25, 0.3) is 0 Å². The topological polar surface area (TPSA) is 44.2 Å². The molecule has 0 saturated carbocycles. The molecule has 0 N–H and O–H groups in total. The molecule has 0 atom stereocenters. The summed E-state index contributed by atoms with van der Waals surface area (Å²) in [6.07, 6.45) is 12.4. The SMILES string of the molecule is CCCCCCCCCOc1ccc2c(ccc3nc(OCCCCC)ccc32)n1. The first kappa shape index (κ1) is 22.3. The smallest absolute Gasteiger partial charge is 0.213 e.